The van der Waals surface area contributed by atoms with Gasteiger partial charge in [0.05, 0.1) is 13.2 Å². The van der Waals surface area contributed by atoms with E-state index in [4.69, 9.17) is 24.3 Å². The van der Waals surface area contributed by atoms with Crippen molar-refractivity contribution in [1.29, 1.82) is 0 Å². The predicted molar refractivity (Wildman–Crippen MR) is 284 cm³/mol. The number of phosphoric acid groups is 1. The third kappa shape index (κ3) is 52.9. The second-order valence-electron chi connectivity index (χ2n) is 18.4. The van der Waals surface area contributed by atoms with Gasteiger partial charge in [-0.2, -0.15) is 0 Å². The van der Waals surface area contributed by atoms with Gasteiger partial charge in [0.2, 0.25) is 0 Å². The van der Waals surface area contributed by atoms with Crippen LogP contribution in [0.4, 0.5) is 0 Å². The van der Waals surface area contributed by atoms with Crippen molar-refractivity contribution >= 4 is 19.8 Å². The first-order valence-corrected chi connectivity index (χ1v) is 29.3. The Bertz CT molecular complexity index is 1280. The fourth-order valence-electron chi connectivity index (χ4n) is 7.80. The zero-order chi connectivity index (χ0) is 48.8. The Morgan fingerprint density at radius 3 is 1.24 bits per heavy atom. The SMILES string of the molecule is CC/C=C\C/C=C\C/C=C\C/C=C\CCCCCCCCCCCCC(=O)OC(COC(=O)CCCCCCCCCCCCC/C=C\CCCCCCCCCC)COP(=O)(O)OCCN. The molecule has 67 heavy (non-hydrogen) atoms. The van der Waals surface area contributed by atoms with E-state index >= 15 is 0 Å². The zero-order valence-corrected chi connectivity index (χ0v) is 44.3. The molecule has 0 amide bonds. The monoisotopic (exact) mass is 962 g/mol. The molecule has 0 aliphatic heterocycles. The Morgan fingerprint density at radius 2 is 0.821 bits per heavy atom. The van der Waals surface area contributed by atoms with Crippen molar-refractivity contribution in [3.63, 3.8) is 0 Å². The topological polar surface area (TPSA) is 134 Å². The Morgan fingerprint density at radius 1 is 0.463 bits per heavy atom. The van der Waals surface area contributed by atoms with Crippen LogP contribution < -0.4 is 5.73 Å². The van der Waals surface area contributed by atoms with E-state index in [0.717, 1.165) is 70.6 Å². The minimum atomic E-state index is -4.39. The molecule has 0 aromatic heterocycles. The molecule has 0 rings (SSSR count). The van der Waals surface area contributed by atoms with Crippen LogP contribution >= 0.6 is 7.82 Å². The molecule has 0 saturated heterocycles. The van der Waals surface area contributed by atoms with Gasteiger partial charge in [0.1, 0.15) is 6.61 Å². The van der Waals surface area contributed by atoms with Crippen LogP contribution in [0, 0.1) is 0 Å². The number of allylic oxidation sites excluding steroid dienone is 10. The standard InChI is InChI=1S/C57H104NO8P/c1-3-5-7-9-11-13-15-17-19-21-23-25-27-29-31-33-35-37-39-41-43-45-47-49-56(59)63-53-55(54-65-67(61,62)64-52-51-58)66-57(60)50-48-46-44-42-40-38-36-34-32-30-28-26-24-22-20-18-16-14-12-10-8-6-4-2/h6,8,12,14,18,20-21,23-24,26,55H,3-5,7,9-11,13,15-17,19,22,25,27-54,58H2,1-2H3,(H,61,62)/b8-6-,14-12-,20-18-,23-21-,26-24-. The van der Waals surface area contributed by atoms with E-state index in [2.05, 4.69) is 74.6 Å². The molecule has 0 bridgehead atoms. The minimum absolute atomic E-state index is 0.0512. The highest BCUT2D eigenvalue weighted by Crippen LogP contribution is 2.43. The van der Waals surface area contributed by atoms with Gasteiger partial charge in [0.25, 0.3) is 0 Å². The van der Waals surface area contributed by atoms with E-state index in [-0.39, 0.29) is 38.6 Å². The van der Waals surface area contributed by atoms with Crippen molar-refractivity contribution in [3.05, 3.63) is 60.8 Å². The second-order valence-corrected chi connectivity index (χ2v) is 19.9. The Kier molecular flexibility index (Phi) is 51.3. The highest BCUT2D eigenvalue weighted by molar-refractivity contribution is 7.47. The van der Waals surface area contributed by atoms with Crippen molar-refractivity contribution in [3.8, 4) is 0 Å². The highest BCUT2D eigenvalue weighted by atomic mass is 31.2. The highest BCUT2D eigenvalue weighted by Gasteiger charge is 2.26. The number of esters is 2. The van der Waals surface area contributed by atoms with Crippen molar-refractivity contribution in [1.82, 2.24) is 0 Å². The molecule has 0 aliphatic carbocycles. The molecule has 0 fully saturated rings. The van der Waals surface area contributed by atoms with Crippen LogP contribution in [0.25, 0.3) is 0 Å². The lowest BCUT2D eigenvalue weighted by molar-refractivity contribution is -0.161. The summed E-state index contributed by atoms with van der Waals surface area (Å²) < 4.78 is 33.0. The molecule has 0 heterocycles. The van der Waals surface area contributed by atoms with Crippen molar-refractivity contribution in [2.45, 2.75) is 264 Å². The van der Waals surface area contributed by atoms with Crippen LogP contribution in [0.5, 0.6) is 0 Å². The Balaban J connectivity index is 4.00. The molecule has 390 valence electrons. The Hall–Kier alpha value is -2.29. The van der Waals surface area contributed by atoms with Gasteiger partial charge in [-0.05, 0) is 77.0 Å². The molecule has 2 atom stereocenters. The van der Waals surface area contributed by atoms with Crippen LogP contribution in [-0.2, 0) is 32.7 Å². The molecular formula is C57H104NO8P. The van der Waals surface area contributed by atoms with Gasteiger partial charge in [-0.25, -0.2) is 4.57 Å². The first-order chi connectivity index (χ1) is 32.8. The van der Waals surface area contributed by atoms with Crippen LogP contribution in [0.3, 0.4) is 0 Å². The third-order valence-corrected chi connectivity index (χ3v) is 12.9. The number of phosphoric ester groups is 1. The average molecular weight is 962 g/mol. The van der Waals surface area contributed by atoms with Crippen molar-refractivity contribution in [2.75, 3.05) is 26.4 Å². The Labute approximate surface area is 412 Å². The number of rotatable bonds is 52. The molecule has 3 N–H and O–H groups in total. The number of carbonyl (C=O) groups is 2. The number of carbonyl (C=O) groups excluding carboxylic acids is 2. The maximum atomic E-state index is 12.7. The molecule has 0 saturated carbocycles. The van der Waals surface area contributed by atoms with Gasteiger partial charge in [-0.15, -0.1) is 0 Å². The van der Waals surface area contributed by atoms with E-state index in [9.17, 15) is 19.0 Å². The van der Waals surface area contributed by atoms with Gasteiger partial charge in [-0.3, -0.25) is 18.6 Å². The molecule has 0 aromatic carbocycles. The number of hydrogen-bond donors (Lipinski definition) is 2. The molecule has 0 aliphatic rings. The summed E-state index contributed by atoms with van der Waals surface area (Å²) in [5.41, 5.74) is 5.38. The summed E-state index contributed by atoms with van der Waals surface area (Å²) in [5.74, 6) is -0.828. The minimum Gasteiger partial charge on any atom is -0.462 e. The summed E-state index contributed by atoms with van der Waals surface area (Å²) in [6.45, 7) is 3.65. The van der Waals surface area contributed by atoms with Crippen LogP contribution in [0.2, 0.25) is 0 Å². The summed E-state index contributed by atoms with van der Waals surface area (Å²) >= 11 is 0. The average Bonchev–Trinajstić information content (AvgIpc) is 3.32. The van der Waals surface area contributed by atoms with Gasteiger partial charge < -0.3 is 20.1 Å². The van der Waals surface area contributed by atoms with Crippen molar-refractivity contribution < 1.29 is 37.6 Å². The second kappa shape index (κ2) is 53.1. The van der Waals surface area contributed by atoms with Crippen LogP contribution in [0.1, 0.15) is 258 Å². The van der Waals surface area contributed by atoms with Crippen LogP contribution in [-0.4, -0.2) is 49.3 Å². The largest absolute Gasteiger partial charge is 0.472 e. The van der Waals surface area contributed by atoms with Crippen molar-refractivity contribution in [2.24, 2.45) is 5.73 Å². The zero-order valence-electron chi connectivity index (χ0n) is 43.4. The van der Waals surface area contributed by atoms with E-state index in [1.807, 2.05) is 0 Å². The molecule has 0 spiro atoms. The lowest BCUT2D eigenvalue weighted by atomic mass is 10.0. The lowest BCUT2D eigenvalue weighted by Crippen LogP contribution is -2.29. The van der Waals surface area contributed by atoms with Gasteiger partial charge in [0, 0.05) is 19.4 Å². The number of unbranched alkanes of at least 4 members (excludes halogenated alkanes) is 29. The molecule has 0 aromatic rings. The number of hydrogen-bond acceptors (Lipinski definition) is 8. The first-order valence-electron chi connectivity index (χ1n) is 27.8. The predicted octanol–water partition coefficient (Wildman–Crippen LogP) is 17.2. The normalized spacial score (nSPS) is 13.6. The molecule has 2 unspecified atom stereocenters. The van der Waals surface area contributed by atoms with E-state index in [0.29, 0.717) is 6.42 Å². The van der Waals surface area contributed by atoms with Gasteiger partial charge in [0.15, 0.2) is 6.10 Å². The summed E-state index contributed by atoms with van der Waals surface area (Å²) in [4.78, 5) is 35.2. The molecule has 0 radical (unpaired) electrons. The van der Waals surface area contributed by atoms with Gasteiger partial charge in [-0.1, -0.05) is 229 Å². The summed E-state index contributed by atoms with van der Waals surface area (Å²) in [6, 6.07) is 0. The molecule has 10 heteroatoms. The van der Waals surface area contributed by atoms with E-state index in [1.165, 1.54) is 154 Å². The van der Waals surface area contributed by atoms with E-state index in [1.54, 1.807) is 0 Å². The fourth-order valence-corrected chi connectivity index (χ4v) is 8.56. The maximum Gasteiger partial charge on any atom is 0.472 e. The summed E-state index contributed by atoms with van der Waals surface area (Å²) in [7, 11) is -4.39. The number of ether oxygens (including phenoxy) is 2. The fraction of sp³-hybridized carbons (Fsp3) is 0.789. The smallest absolute Gasteiger partial charge is 0.462 e. The summed E-state index contributed by atoms with van der Waals surface area (Å²) in [6.07, 6.45) is 65.5. The lowest BCUT2D eigenvalue weighted by Gasteiger charge is -2.19. The quantitative estimate of drug-likeness (QED) is 0.0264. The molecule has 9 nitrogen and oxygen atoms in total. The van der Waals surface area contributed by atoms with Crippen LogP contribution in [0.15, 0.2) is 60.8 Å². The summed E-state index contributed by atoms with van der Waals surface area (Å²) in [5, 5.41) is 0. The van der Waals surface area contributed by atoms with Gasteiger partial charge >= 0.3 is 19.8 Å². The maximum absolute atomic E-state index is 12.7. The van der Waals surface area contributed by atoms with E-state index < -0.39 is 26.5 Å². The third-order valence-electron chi connectivity index (χ3n) is 11.9. The molecular weight excluding hydrogens is 858 g/mol. The number of nitrogens with two attached hydrogens (primary N) is 1. The first kappa shape index (κ1) is 64.7.